The average Bonchev–Trinajstić information content (AvgIpc) is 2.85. The average molecular weight is 289 g/mol. The molecule has 21 heavy (non-hydrogen) atoms. The molecular weight excluding hydrogens is 270 g/mol. The quantitative estimate of drug-likeness (QED) is 0.618. The highest BCUT2D eigenvalue weighted by atomic mass is 16.6. The maximum absolute atomic E-state index is 11.0. The zero-order valence-corrected chi connectivity index (χ0v) is 12.3. The van der Waals surface area contributed by atoms with Crippen LogP contribution in [0.1, 0.15) is 31.4 Å². The number of anilines is 2. The number of aryl methyl sites for hydroxylation is 1. The molecular formula is C15H19N3O3. The van der Waals surface area contributed by atoms with Gasteiger partial charge >= 0.3 is 0 Å². The minimum atomic E-state index is -0.395. The van der Waals surface area contributed by atoms with Crippen molar-refractivity contribution < 1.29 is 9.34 Å². The van der Waals surface area contributed by atoms with Crippen molar-refractivity contribution >= 4 is 17.1 Å². The third kappa shape index (κ3) is 3.75. The summed E-state index contributed by atoms with van der Waals surface area (Å²) in [5.74, 6) is 1.63. The Morgan fingerprint density at radius 1 is 1.29 bits per heavy atom. The van der Waals surface area contributed by atoms with Gasteiger partial charge in [-0.1, -0.05) is 0 Å². The fourth-order valence-electron chi connectivity index (χ4n) is 2.11. The number of hydrogen-bond donors (Lipinski definition) is 2. The van der Waals surface area contributed by atoms with Crippen molar-refractivity contribution in [1.29, 1.82) is 0 Å². The number of hydrogen-bond acceptors (Lipinski definition) is 5. The Balaban J connectivity index is 2.23. The first-order chi connectivity index (χ1) is 9.99. The lowest BCUT2D eigenvalue weighted by molar-refractivity contribution is -0.384. The SMILES string of the molecule is CCNc1cc(NC(C)c2ccc(C)o2)cc([N+](=O)[O-])c1. The number of nitro benzene ring substituents is 1. The van der Waals surface area contributed by atoms with Crippen molar-refractivity contribution in [2.75, 3.05) is 17.2 Å². The number of nitro groups is 1. The Morgan fingerprint density at radius 3 is 2.57 bits per heavy atom. The molecule has 1 unspecified atom stereocenters. The molecule has 2 rings (SSSR count). The van der Waals surface area contributed by atoms with Crippen LogP contribution < -0.4 is 10.6 Å². The zero-order valence-electron chi connectivity index (χ0n) is 12.3. The molecule has 1 heterocycles. The smallest absolute Gasteiger partial charge is 0.273 e. The van der Waals surface area contributed by atoms with Crippen LogP contribution >= 0.6 is 0 Å². The molecule has 2 aromatic rings. The number of benzene rings is 1. The van der Waals surface area contributed by atoms with E-state index < -0.39 is 4.92 Å². The topological polar surface area (TPSA) is 80.3 Å². The van der Waals surface area contributed by atoms with Crippen LogP contribution in [0.4, 0.5) is 17.1 Å². The molecule has 0 aliphatic carbocycles. The summed E-state index contributed by atoms with van der Waals surface area (Å²) in [6, 6.07) is 8.61. The van der Waals surface area contributed by atoms with Gasteiger partial charge in [-0.3, -0.25) is 10.1 Å². The van der Waals surface area contributed by atoms with Gasteiger partial charge in [0.25, 0.3) is 5.69 Å². The first-order valence-corrected chi connectivity index (χ1v) is 6.86. The molecule has 1 aromatic heterocycles. The lowest BCUT2D eigenvalue weighted by Crippen LogP contribution is -2.07. The van der Waals surface area contributed by atoms with E-state index >= 15 is 0 Å². The van der Waals surface area contributed by atoms with E-state index in [1.54, 1.807) is 0 Å². The van der Waals surface area contributed by atoms with Gasteiger partial charge in [0.2, 0.25) is 0 Å². The van der Waals surface area contributed by atoms with Gasteiger partial charge in [-0.05, 0) is 39.0 Å². The molecule has 6 heteroatoms. The third-order valence-corrected chi connectivity index (χ3v) is 3.08. The molecule has 1 atom stereocenters. The number of non-ortho nitro benzene ring substituents is 1. The summed E-state index contributed by atoms with van der Waals surface area (Å²) in [5, 5.41) is 17.3. The van der Waals surface area contributed by atoms with Crippen LogP contribution in [0.5, 0.6) is 0 Å². The van der Waals surface area contributed by atoms with E-state index in [2.05, 4.69) is 10.6 Å². The highest BCUT2D eigenvalue weighted by Gasteiger charge is 2.13. The molecule has 0 spiro atoms. The maximum Gasteiger partial charge on any atom is 0.273 e. The standard InChI is InChI=1S/C15H19N3O3/c1-4-16-12-7-13(9-14(8-12)18(19)20)17-11(3)15-6-5-10(2)21-15/h5-9,11,16-17H,4H2,1-3H3. The van der Waals surface area contributed by atoms with E-state index in [1.165, 1.54) is 12.1 Å². The minimum absolute atomic E-state index is 0.0544. The van der Waals surface area contributed by atoms with E-state index in [1.807, 2.05) is 39.0 Å². The number of furan rings is 1. The van der Waals surface area contributed by atoms with Crippen LogP contribution in [-0.2, 0) is 0 Å². The summed E-state index contributed by atoms with van der Waals surface area (Å²) in [7, 11) is 0. The molecule has 6 nitrogen and oxygen atoms in total. The van der Waals surface area contributed by atoms with Crippen LogP contribution in [0.2, 0.25) is 0 Å². The van der Waals surface area contributed by atoms with Gasteiger partial charge in [-0.15, -0.1) is 0 Å². The Morgan fingerprint density at radius 2 is 2.00 bits per heavy atom. The fraction of sp³-hybridized carbons (Fsp3) is 0.333. The monoisotopic (exact) mass is 289 g/mol. The Kier molecular flexibility index (Phi) is 4.47. The normalized spacial score (nSPS) is 12.0. The largest absolute Gasteiger partial charge is 0.464 e. The van der Waals surface area contributed by atoms with E-state index in [9.17, 15) is 10.1 Å². The predicted molar refractivity (Wildman–Crippen MR) is 82.7 cm³/mol. The zero-order chi connectivity index (χ0) is 15.4. The van der Waals surface area contributed by atoms with E-state index in [0.29, 0.717) is 12.2 Å². The summed E-state index contributed by atoms with van der Waals surface area (Å²) >= 11 is 0. The van der Waals surface area contributed by atoms with Crippen LogP contribution in [0.3, 0.4) is 0 Å². The fourth-order valence-corrected chi connectivity index (χ4v) is 2.11. The van der Waals surface area contributed by atoms with Crippen molar-refractivity contribution in [3.63, 3.8) is 0 Å². The van der Waals surface area contributed by atoms with Gasteiger partial charge in [0, 0.05) is 30.1 Å². The van der Waals surface area contributed by atoms with Crippen LogP contribution in [0.15, 0.2) is 34.7 Å². The Labute approximate surface area is 123 Å². The number of nitrogens with one attached hydrogen (secondary N) is 2. The molecule has 0 aliphatic rings. The lowest BCUT2D eigenvalue weighted by atomic mass is 10.2. The van der Waals surface area contributed by atoms with Crippen molar-refractivity contribution in [3.8, 4) is 0 Å². The molecule has 2 N–H and O–H groups in total. The summed E-state index contributed by atoms with van der Waals surface area (Å²) in [6.07, 6.45) is 0. The van der Waals surface area contributed by atoms with Gasteiger partial charge in [-0.2, -0.15) is 0 Å². The predicted octanol–water partition coefficient (Wildman–Crippen LogP) is 4.10. The molecule has 0 aliphatic heterocycles. The number of rotatable bonds is 6. The first-order valence-electron chi connectivity index (χ1n) is 6.86. The Bertz CT molecular complexity index is 637. The molecule has 0 radical (unpaired) electrons. The second kappa shape index (κ2) is 6.30. The summed E-state index contributed by atoms with van der Waals surface area (Å²) in [6.45, 7) is 6.48. The first kappa shape index (κ1) is 14.9. The van der Waals surface area contributed by atoms with Crippen molar-refractivity contribution in [2.24, 2.45) is 0 Å². The molecule has 0 amide bonds. The highest BCUT2D eigenvalue weighted by Crippen LogP contribution is 2.27. The summed E-state index contributed by atoms with van der Waals surface area (Å²) in [5.41, 5.74) is 1.46. The lowest BCUT2D eigenvalue weighted by Gasteiger charge is -2.14. The van der Waals surface area contributed by atoms with Gasteiger partial charge in [0.15, 0.2) is 0 Å². The van der Waals surface area contributed by atoms with Crippen LogP contribution in [0, 0.1) is 17.0 Å². The van der Waals surface area contributed by atoms with Crippen LogP contribution in [0.25, 0.3) is 0 Å². The minimum Gasteiger partial charge on any atom is -0.464 e. The molecule has 0 saturated heterocycles. The molecule has 0 saturated carbocycles. The second-order valence-electron chi connectivity index (χ2n) is 4.87. The van der Waals surface area contributed by atoms with E-state index in [0.717, 1.165) is 17.2 Å². The summed E-state index contributed by atoms with van der Waals surface area (Å²) < 4.78 is 5.56. The second-order valence-corrected chi connectivity index (χ2v) is 4.87. The van der Waals surface area contributed by atoms with Crippen molar-refractivity contribution in [1.82, 2.24) is 0 Å². The van der Waals surface area contributed by atoms with E-state index in [4.69, 9.17) is 4.42 Å². The van der Waals surface area contributed by atoms with Crippen molar-refractivity contribution in [2.45, 2.75) is 26.8 Å². The van der Waals surface area contributed by atoms with Gasteiger partial charge in [0.05, 0.1) is 11.0 Å². The summed E-state index contributed by atoms with van der Waals surface area (Å²) in [4.78, 5) is 10.6. The highest BCUT2D eigenvalue weighted by molar-refractivity contribution is 5.63. The van der Waals surface area contributed by atoms with Crippen molar-refractivity contribution in [3.05, 3.63) is 52.0 Å². The number of nitrogens with zero attached hydrogens (tertiary/aromatic N) is 1. The molecule has 1 aromatic carbocycles. The third-order valence-electron chi connectivity index (χ3n) is 3.08. The molecule has 112 valence electrons. The van der Waals surface area contributed by atoms with E-state index in [-0.39, 0.29) is 11.7 Å². The molecule has 0 fully saturated rings. The van der Waals surface area contributed by atoms with Gasteiger partial charge < -0.3 is 15.1 Å². The molecule has 0 bridgehead atoms. The maximum atomic E-state index is 11.0. The van der Waals surface area contributed by atoms with Crippen LogP contribution in [-0.4, -0.2) is 11.5 Å². The van der Waals surface area contributed by atoms with Gasteiger partial charge in [0.1, 0.15) is 11.5 Å². The van der Waals surface area contributed by atoms with Gasteiger partial charge in [-0.25, -0.2) is 0 Å². The Hall–Kier alpha value is -2.50.